The van der Waals surface area contributed by atoms with Crippen molar-refractivity contribution in [3.8, 4) is 5.75 Å². The number of hydrogen-bond donors (Lipinski definition) is 1. The number of likely N-dealkylation sites (tertiary alicyclic amines) is 1. The quantitative estimate of drug-likeness (QED) is 0.281. The average molecular weight is 434 g/mol. The highest BCUT2D eigenvalue weighted by molar-refractivity contribution is 6.11. The number of piperidine rings is 1. The highest BCUT2D eigenvalue weighted by Gasteiger charge is 2.24. The predicted octanol–water partition coefficient (Wildman–Crippen LogP) is 5.35. The number of ketones is 1. The van der Waals surface area contributed by atoms with Gasteiger partial charge in [-0.2, -0.15) is 0 Å². The molecule has 1 fully saturated rings. The van der Waals surface area contributed by atoms with E-state index in [-0.39, 0.29) is 5.78 Å². The molecule has 5 nitrogen and oxygen atoms in total. The number of carbonyl (C=O) groups excluding carboxylic acids is 1. The van der Waals surface area contributed by atoms with Crippen LogP contribution in [0.5, 0.6) is 5.75 Å². The van der Waals surface area contributed by atoms with E-state index >= 15 is 0 Å². The van der Waals surface area contributed by atoms with Crippen molar-refractivity contribution in [2.24, 2.45) is 0 Å². The van der Waals surface area contributed by atoms with E-state index in [1.807, 2.05) is 49.4 Å². The molecule has 0 atom stereocenters. The van der Waals surface area contributed by atoms with Crippen molar-refractivity contribution in [3.05, 3.63) is 65.4 Å². The van der Waals surface area contributed by atoms with Crippen LogP contribution in [0.1, 0.15) is 73.4 Å². The molecule has 0 amide bonds. The second-order valence-corrected chi connectivity index (χ2v) is 8.84. The van der Waals surface area contributed by atoms with Crippen LogP contribution in [0.4, 0.5) is 0 Å². The summed E-state index contributed by atoms with van der Waals surface area (Å²) in [6.45, 7) is 8.25. The Morgan fingerprint density at radius 3 is 2.59 bits per heavy atom. The minimum absolute atomic E-state index is 0.00918. The standard InChI is InChI=1S/C27H35N3O2/c1-3-5-6-14-29-15-12-20(13-16-29)25-19-30(28)26-11-10-22(18-24(25)26)27(31)21-8-7-9-23(17-21)32-4-2/h7-11,17-20H,3-6,12-16,28H2,1-2H3. The van der Waals surface area contributed by atoms with Gasteiger partial charge in [0.15, 0.2) is 5.78 Å². The van der Waals surface area contributed by atoms with Gasteiger partial charge in [-0.3, -0.25) is 9.47 Å². The molecule has 0 aliphatic carbocycles. The molecule has 170 valence electrons. The first-order valence-corrected chi connectivity index (χ1v) is 12.0. The second kappa shape index (κ2) is 10.2. The van der Waals surface area contributed by atoms with E-state index in [1.54, 1.807) is 4.68 Å². The molecule has 5 heteroatoms. The molecule has 1 saturated heterocycles. The molecule has 2 N–H and O–H groups in total. The maximum absolute atomic E-state index is 13.2. The molecule has 2 aromatic carbocycles. The summed E-state index contributed by atoms with van der Waals surface area (Å²) in [5.74, 6) is 7.50. The van der Waals surface area contributed by atoms with E-state index < -0.39 is 0 Å². The number of aromatic nitrogens is 1. The topological polar surface area (TPSA) is 60.5 Å². The van der Waals surface area contributed by atoms with Gasteiger partial charge in [0, 0.05) is 22.7 Å². The Morgan fingerprint density at radius 1 is 1.06 bits per heavy atom. The Balaban J connectivity index is 1.55. The molecule has 0 unspecified atom stereocenters. The van der Waals surface area contributed by atoms with Crippen molar-refractivity contribution >= 4 is 16.7 Å². The average Bonchev–Trinajstić information content (AvgIpc) is 3.15. The van der Waals surface area contributed by atoms with Crippen LogP contribution in [0.3, 0.4) is 0 Å². The van der Waals surface area contributed by atoms with E-state index in [0.29, 0.717) is 23.7 Å². The van der Waals surface area contributed by atoms with E-state index in [2.05, 4.69) is 18.0 Å². The maximum Gasteiger partial charge on any atom is 0.193 e. The number of nitrogens with zero attached hydrogens (tertiary/aromatic N) is 2. The van der Waals surface area contributed by atoms with Crippen molar-refractivity contribution in [2.75, 3.05) is 32.1 Å². The second-order valence-electron chi connectivity index (χ2n) is 8.84. The summed E-state index contributed by atoms with van der Waals surface area (Å²) in [5, 5.41) is 1.10. The fraction of sp³-hybridized carbons (Fsp3) is 0.444. The van der Waals surface area contributed by atoms with Gasteiger partial charge in [0.1, 0.15) is 5.75 Å². The summed E-state index contributed by atoms with van der Waals surface area (Å²) in [6, 6.07) is 13.3. The lowest BCUT2D eigenvalue weighted by molar-refractivity contribution is 0.103. The molecule has 0 spiro atoms. The van der Waals surface area contributed by atoms with Crippen molar-refractivity contribution in [2.45, 2.75) is 51.9 Å². The molecule has 0 radical (unpaired) electrons. The minimum Gasteiger partial charge on any atom is -0.494 e. The van der Waals surface area contributed by atoms with Gasteiger partial charge in [-0.05, 0) is 87.6 Å². The van der Waals surface area contributed by atoms with Gasteiger partial charge in [-0.15, -0.1) is 0 Å². The fourth-order valence-corrected chi connectivity index (χ4v) is 4.86. The Morgan fingerprint density at radius 2 is 1.84 bits per heavy atom. The van der Waals surface area contributed by atoms with Gasteiger partial charge in [-0.25, -0.2) is 0 Å². The molecule has 0 bridgehead atoms. The molecular formula is C27H35N3O2. The van der Waals surface area contributed by atoms with Crippen LogP contribution in [-0.4, -0.2) is 41.6 Å². The predicted molar refractivity (Wildman–Crippen MR) is 131 cm³/mol. The molecule has 0 saturated carbocycles. The summed E-state index contributed by atoms with van der Waals surface area (Å²) in [4.78, 5) is 15.8. The van der Waals surface area contributed by atoms with Crippen LogP contribution >= 0.6 is 0 Å². The summed E-state index contributed by atoms with van der Waals surface area (Å²) < 4.78 is 7.28. The van der Waals surface area contributed by atoms with E-state index in [1.165, 1.54) is 31.4 Å². The highest BCUT2D eigenvalue weighted by Crippen LogP contribution is 2.34. The first-order chi connectivity index (χ1) is 15.6. The molecule has 1 aliphatic heterocycles. The molecule has 1 aliphatic rings. The van der Waals surface area contributed by atoms with Gasteiger partial charge >= 0.3 is 0 Å². The number of benzene rings is 2. The molecular weight excluding hydrogens is 398 g/mol. The normalized spacial score (nSPS) is 15.3. The Labute approximate surface area is 191 Å². The summed E-state index contributed by atoms with van der Waals surface area (Å²) in [5.41, 5.74) is 3.58. The Kier molecular flexibility index (Phi) is 7.15. The molecule has 4 rings (SSSR count). The lowest BCUT2D eigenvalue weighted by Crippen LogP contribution is -2.33. The van der Waals surface area contributed by atoms with E-state index in [4.69, 9.17) is 10.6 Å². The van der Waals surface area contributed by atoms with Gasteiger partial charge in [0.05, 0.1) is 12.1 Å². The Bertz CT molecular complexity index is 1060. The van der Waals surface area contributed by atoms with E-state index in [0.717, 1.165) is 42.6 Å². The van der Waals surface area contributed by atoms with Crippen molar-refractivity contribution in [1.29, 1.82) is 0 Å². The number of nitrogen functional groups attached to an aromatic ring is 1. The monoisotopic (exact) mass is 433 g/mol. The largest absolute Gasteiger partial charge is 0.494 e. The minimum atomic E-state index is 0.00918. The van der Waals surface area contributed by atoms with E-state index in [9.17, 15) is 4.79 Å². The number of fused-ring (bicyclic) bond motifs is 1. The number of carbonyl (C=O) groups is 1. The number of ether oxygens (including phenoxy) is 1. The third-order valence-corrected chi connectivity index (χ3v) is 6.64. The van der Waals surface area contributed by atoms with Crippen molar-refractivity contribution in [3.63, 3.8) is 0 Å². The third-order valence-electron chi connectivity index (χ3n) is 6.64. The lowest BCUT2D eigenvalue weighted by atomic mass is 9.88. The first-order valence-electron chi connectivity index (χ1n) is 12.0. The number of nitrogens with two attached hydrogens (primary N) is 1. The number of hydrogen-bond acceptors (Lipinski definition) is 4. The molecule has 32 heavy (non-hydrogen) atoms. The van der Waals surface area contributed by atoms with Crippen LogP contribution in [-0.2, 0) is 0 Å². The fourth-order valence-electron chi connectivity index (χ4n) is 4.86. The zero-order valence-corrected chi connectivity index (χ0v) is 19.3. The summed E-state index contributed by atoms with van der Waals surface area (Å²) >= 11 is 0. The SMILES string of the molecule is CCCCCN1CCC(c2cn(N)c3ccc(C(=O)c4cccc(OCC)c4)cc23)CC1. The van der Waals surface area contributed by atoms with Crippen LogP contribution < -0.4 is 10.6 Å². The van der Waals surface area contributed by atoms with Gasteiger partial charge < -0.3 is 15.5 Å². The molecule has 2 heterocycles. The number of rotatable bonds is 9. The number of unbranched alkanes of at least 4 members (excludes halogenated alkanes) is 2. The summed E-state index contributed by atoms with van der Waals surface area (Å²) in [7, 11) is 0. The van der Waals surface area contributed by atoms with Gasteiger partial charge in [0.2, 0.25) is 0 Å². The van der Waals surface area contributed by atoms with Gasteiger partial charge in [0.25, 0.3) is 0 Å². The van der Waals surface area contributed by atoms with Crippen molar-refractivity contribution < 1.29 is 9.53 Å². The zero-order chi connectivity index (χ0) is 22.5. The Hall–Kier alpha value is -2.79. The maximum atomic E-state index is 13.2. The highest BCUT2D eigenvalue weighted by atomic mass is 16.5. The van der Waals surface area contributed by atoms with Crippen molar-refractivity contribution in [1.82, 2.24) is 9.58 Å². The van der Waals surface area contributed by atoms with Crippen LogP contribution in [0.25, 0.3) is 10.9 Å². The van der Waals surface area contributed by atoms with Crippen LogP contribution in [0.15, 0.2) is 48.7 Å². The smallest absolute Gasteiger partial charge is 0.193 e. The molecule has 3 aromatic rings. The zero-order valence-electron chi connectivity index (χ0n) is 19.3. The van der Waals surface area contributed by atoms with Gasteiger partial charge in [-0.1, -0.05) is 31.9 Å². The third kappa shape index (κ3) is 4.83. The van der Waals surface area contributed by atoms with Crippen LogP contribution in [0.2, 0.25) is 0 Å². The lowest BCUT2D eigenvalue weighted by Gasteiger charge is -2.32. The summed E-state index contributed by atoms with van der Waals surface area (Å²) in [6.07, 6.45) is 8.21. The first kappa shape index (κ1) is 22.4. The van der Waals surface area contributed by atoms with Crippen LogP contribution in [0, 0.1) is 0 Å². The molecule has 1 aromatic heterocycles.